The van der Waals surface area contributed by atoms with E-state index in [-0.39, 0.29) is 5.92 Å². The van der Waals surface area contributed by atoms with Crippen molar-refractivity contribution in [2.75, 3.05) is 31.1 Å². The highest BCUT2D eigenvalue weighted by molar-refractivity contribution is 9.10. The Labute approximate surface area is 127 Å². The number of halogens is 1. The quantitative estimate of drug-likeness (QED) is 0.828. The van der Waals surface area contributed by atoms with Crippen LogP contribution in [-0.4, -0.2) is 47.0 Å². The van der Waals surface area contributed by atoms with Crippen molar-refractivity contribution in [3.63, 3.8) is 0 Å². The van der Waals surface area contributed by atoms with Crippen LogP contribution in [0.5, 0.6) is 0 Å². The van der Waals surface area contributed by atoms with E-state index in [4.69, 9.17) is 0 Å². The SMILES string of the molecule is O=C(C1CCN(c2ncc(Br)cn2)C1)N1CCCCC1. The number of anilines is 1. The summed E-state index contributed by atoms with van der Waals surface area (Å²) < 4.78 is 0.876. The van der Waals surface area contributed by atoms with E-state index in [2.05, 4.69) is 30.8 Å². The fourth-order valence-corrected chi connectivity index (χ4v) is 3.19. The summed E-state index contributed by atoms with van der Waals surface area (Å²) in [6.45, 7) is 3.48. The molecule has 2 aliphatic rings. The van der Waals surface area contributed by atoms with Gasteiger partial charge in [-0.05, 0) is 41.6 Å². The van der Waals surface area contributed by atoms with Crippen molar-refractivity contribution in [1.82, 2.24) is 14.9 Å². The first-order chi connectivity index (χ1) is 9.74. The van der Waals surface area contributed by atoms with E-state index in [9.17, 15) is 4.79 Å². The first-order valence-corrected chi connectivity index (χ1v) is 8.04. The van der Waals surface area contributed by atoms with Gasteiger partial charge in [-0.2, -0.15) is 0 Å². The number of aromatic nitrogens is 2. The molecule has 0 saturated carbocycles. The zero-order chi connectivity index (χ0) is 13.9. The minimum Gasteiger partial charge on any atom is -0.342 e. The van der Waals surface area contributed by atoms with E-state index < -0.39 is 0 Å². The molecule has 3 heterocycles. The Morgan fingerprint density at radius 2 is 1.85 bits per heavy atom. The standard InChI is InChI=1S/C14H19BrN4O/c15-12-8-16-14(17-9-12)19-7-4-11(10-19)13(20)18-5-2-1-3-6-18/h8-9,11H,1-7,10H2. The number of amides is 1. The third-order valence-corrected chi connectivity index (χ3v) is 4.50. The fraction of sp³-hybridized carbons (Fsp3) is 0.643. The third kappa shape index (κ3) is 2.95. The molecule has 2 aliphatic heterocycles. The molecule has 2 fully saturated rings. The maximum Gasteiger partial charge on any atom is 0.227 e. The van der Waals surface area contributed by atoms with Crippen molar-refractivity contribution in [3.8, 4) is 0 Å². The molecule has 2 saturated heterocycles. The summed E-state index contributed by atoms with van der Waals surface area (Å²) in [5, 5.41) is 0. The zero-order valence-corrected chi connectivity index (χ0v) is 13.0. The van der Waals surface area contributed by atoms with Gasteiger partial charge in [0.05, 0.1) is 10.4 Å². The molecule has 108 valence electrons. The van der Waals surface area contributed by atoms with Crippen LogP contribution in [-0.2, 0) is 4.79 Å². The van der Waals surface area contributed by atoms with Gasteiger partial charge in [-0.15, -0.1) is 0 Å². The number of hydrogen-bond donors (Lipinski definition) is 0. The average Bonchev–Trinajstić information content (AvgIpc) is 2.98. The van der Waals surface area contributed by atoms with Gasteiger partial charge in [-0.1, -0.05) is 0 Å². The average molecular weight is 339 g/mol. The summed E-state index contributed by atoms with van der Waals surface area (Å²) in [7, 11) is 0. The van der Waals surface area contributed by atoms with Gasteiger partial charge in [0.1, 0.15) is 0 Å². The van der Waals surface area contributed by atoms with Crippen molar-refractivity contribution in [1.29, 1.82) is 0 Å². The van der Waals surface area contributed by atoms with Gasteiger partial charge < -0.3 is 9.80 Å². The Balaban J connectivity index is 1.61. The Bertz CT molecular complexity index is 473. The van der Waals surface area contributed by atoms with E-state index in [1.165, 1.54) is 6.42 Å². The second kappa shape index (κ2) is 6.08. The largest absolute Gasteiger partial charge is 0.342 e. The van der Waals surface area contributed by atoms with Crippen LogP contribution in [0.25, 0.3) is 0 Å². The van der Waals surface area contributed by atoms with Gasteiger partial charge in [0.15, 0.2) is 0 Å². The van der Waals surface area contributed by atoms with Gasteiger partial charge in [0, 0.05) is 38.6 Å². The fourth-order valence-electron chi connectivity index (χ4n) is 2.98. The second-order valence-corrected chi connectivity index (χ2v) is 6.43. The van der Waals surface area contributed by atoms with E-state index in [1.54, 1.807) is 12.4 Å². The summed E-state index contributed by atoms with van der Waals surface area (Å²) in [5.74, 6) is 1.16. The second-order valence-electron chi connectivity index (χ2n) is 5.52. The summed E-state index contributed by atoms with van der Waals surface area (Å²) >= 11 is 3.34. The Morgan fingerprint density at radius 3 is 2.55 bits per heavy atom. The molecule has 0 aliphatic carbocycles. The van der Waals surface area contributed by atoms with E-state index in [0.717, 1.165) is 55.9 Å². The van der Waals surface area contributed by atoms with Crippen LogP contribution >= 0.6 is 15.9 Å². The van der Waals surface area contributed by atoms with Gasteiger partial charge in [-0.3, -0.25) is 4.79 Å². The number of nitrogens with zero attached hydrogens (tertiary/aromatic N) is 4. The first-order valence-electron chi connectivity index (χ1n) is 7.25. The summed E-state index contributed by atoms with van der Waals surface area (Å²) in [5.41, 5.74) is 0. The van der Waals surface area contributed by atoms with Gasteiger partial charge in [0.2, 0.25) is 11.9 Å². The van der Waals surface area contributed by atoms with E-state index in [1.807, 2.05) is 4.90 Å². The molecule has 20 heavy (non-hydrogen) atoms. The maximum atomic E-state index is 12.5. The lowest BCUT2D eigenvalue weighted by Gasteiger charge is -2.29. The molecule has 1 aromatic rings. The number of rotatable bonds is 2. The molecule has 0 bridgehead atoms. The van der Waals surface area contributed by atoms with Crippen LogP contribution < -0.4 is 4.90 Å². The molecule has 1 unspecified atom stereocenters. The molecule has 5 nitrogen and oxygen atoms in total. The molecule has 0 aromatic carbocycles. The number of likely N-dealkylation sites (tertiary alicyclic amines) is 1. The molecular formula is C14H19BrN4O. The molecular weight excluding hydrogens is 320 g/mol. The topological polar surface area (TPSA) is 49.3 Å². The van der Waals surface area contributed by atoms with Crippen molar-refractivity contribution < 1.29 is 4.79 Å². The lowest BCUT2D eigenvalue weighted by Crippen LogP contribution is -2.40. The maximum absolute atomic E-state index is 12.5. The van der Waals surface area contributed by atoms with Crippen LogP contribution in [0.1, 0.15) is 25.7 Å². The Hall–Kier alpha value is -1.17. The monoisotopic (exact) mass is 338 g/mol. The molecule has 6 heteroatoms. The number of carbonyl (C=O) groups excluding carboxylic acids is 1. The van der Waals surface area contributed by atoms with E-state index in [0.29, 0.717) is 5.91 Å². The van der Waals surface area contributed by atoms with Crippen molar-refractivity contribution in [3.05, 3.63) is 16.9 Å². The van der Waals surface area contributed by atoms with Crippen LogP contribution in [0.3, 0.4) is 0 Å². The predicted molar refractivity (Wildman–Crippen MR) is 80.5 cm³/mol. The van der Waals surface area contributed by atoms with E-state index >= 15 is 0 Å². The predicted octanol–water partition coefficient (Wildman–Crippen LogP) is 2.08. The molecule has 0 N–H and O–H groups in total. The number of hydrogen-bond acceptors (Lipinski definition) is 4. The van der Waals surface area contributed by atoms with Gasteiger partial charge in [-0.25, -0.2) is 9.97 Å². The summed E-state index contributed by atoms with van der Waals surface area (Å²) in [6, 6.07) is 0. The Morgan fingerprint density at radius 1 is 1.15 bits per heavy atom. The van der Waals surface area contributed by atoms with Crippen LogP contribution in [0.2, 0.25) is 0 Å². The van der Waals surface area contributed by atoms with Crippen molar-refractivity contribution in [2.24, 2.45) is 5.92 Å². The summed E-state index contributed by atoms with van der Waals surface area (Å²) in [6.07, 6.45) is 7.97. The highest BCUT2D eigenvalue weighted by Crippen LogP contribution is 2.24. The third-order valence-electron chi connectivity index (χ3n) is 4.09. The molecule has 0 spiro atoms. The molecule has 0 radical (unpaired) electrons. The molecule has 1 amide bonds. The summed E-state index contributed by atoms with van der Waals surface area (Å²) in [4.78, 5) is 25.3. The van der Waals surface area contributed by atoms with Gasteiger partial charge in [0.25, 0.3) is 0 Å². The molecule has 3 rings (SSSR count). The minimum atomic E-state index is 0.111. The van der Waals surface area contributed by atoms with Crippen LogP contribution in [0.4, 0.5) is 5.95 Å². The zero-order valence-electron chi connectivity index (χ0n) is 11.5. The highest BCUT2D eigenvalue weighted by Gasteiger charge is 2.32. The smallest absolute Gasteiger partial charge is 0.227 e. The lowest BCUT2D eigenvalue weighted by molar-refractivity contribution is -0.135. The first kappa shape index (κ1) is 13.8. The van der Waals surface area contributed by atoms with Crippen molar-refractivity contribution in [2.45, 2.75) is 25.7 Å². The molecule has 1 atom stereocenters. The normalized spacial score (nSPS) is 23.1. The van der Waals surface area contributed by atoms with Crippen molar-refractivity contribution >= 4 is 27.8 Å². The van der Waals surface area contributed by atoms with Crippen LogP contribution in [0, 0.1) is 5.92 Å². The lowest BCUT2D eigenvalue weighted by atomic mass is 10.0. The highest BCUT2D eigenvalue weighted by atomic mass is 79.9. The van der Waals surface area contributed by atoms with Crippen LogP contribution in [0.15, 0.2) is 16.9 Å². The van der Waals surface area contributed by atoms with Gasteiger partial charge >= 0.3 is 0 Å². The number of piperidine rings is 1. The Kier molecular flexibility index (Phi) is 4.19. The number of carbonyl (C=O) groups is 1. The minimum absolute atomic E-state index is 0.111. The molecule has 1 aromatic heterocycles.